The van der Waals surface area contributed by atoms with E-state index in [1.54, 1.807) is 0 Å². The SMILES string of the molecule is CNC1CCCN(Cc2ccc(F)c(Br)c2)C1. The second kappa shape index (κ2) is 5.94. The van der Waals surface area contributed by atoms with Crippen molar-refractivity contribution >= 4 is 15.9 Å². The van der Waals surface area contributed by atoms with E-state index in [1.807, 2.05) is 19.2 Å². The van der Waals surface area contributed by atoms with Gasteiger partial charge in [0, 0.05) is 19.1 Å². The van der Waals surface area contributed by atoms with Crippen molar-refractivity contribution in [2.75, 3.05) is 20.1 Å². The van der Waals surface area contributed by atoms with Crippen molar-refractivity contribution < 1.29 is 4.39 Å². The molecule has 1 aromatic rings. The zero-order valence-corrected chi connectivity index (χ0v) is 11.6. The van der Waals surface area contributed by atoms with Gasteiger partial charge in [-0.05, 0) is 60.1 Å². The monoisotopic (exact) mass is 300 g/mol. The minimum atomic E-state index is -0.194. The number of nitrogens with zero attached hydrogens (tertiary/aromatic N) is 1. The molecule has 2 nitrogen and oxygen atoms in total. The Morgan fingerprint density at radius 3 is 3.06 bits per heavy atom. The van der Waals surface area contributed by atoms with Crippen LogP contribution in [0.4, 0.5) is 4.39 Å². The molecule has 4 heteroatoms. The summed E-state index contributed by atoms with van der Waals surface area (Å²) in [6.07, 6.45) is 2.48. The molecule has 17 heavy (non-hydrogen) atoms. The molecule has 1 aromatic carbocycles. The smallest absolute Gasteiger partial charge is 0.137 e. The molecule has 1 heterocycles. The fourth-order valence-corrected chi connectivity index (χ4v) is 2.76. The maximum atomic E-state index is 13.1. The van der Waals surface area contributed by atoms with E-state index in [9.17, 15) is 4.39 Å². The summed E-state index contributed by atoms with van der Waals surface area (Å²) in [7, 11) is 2.02. The Kier molecular flexibility index (Phi) is 4.54. The minimum absolute atomic E-state index is 0.194. The van der Waals surface area contributed by atoms with Gasteiger partial charge in [0.15, 0.2) is 0 Å². The largest absolute Gasteiger partial charge is 0.316 e. The first-order valence-electron chi connectivity index (χ1n) is 6.02. The molecular weight excluding hydrogens is 283 g/mol. The number of likely N-dealkylation sites (tertiary alicyclic amines) is 1. The number of piperidine rings is 1. The van der Waals surface area contributed by atoms with Gasteiger partial charge in [0.1, 0.15) is 5.82 Å². The Morgan fingerprint density at radius 1 is 1.53 bits per heavy atom. The maximum Gasteiger partial charge on any atom is 0.137 e. The molecule has 94 valence electrons. The lowest BCUT2D eigenvalue weighted by molar-refractivity contribution is 0.188. The average molecular weight is 301 g/mol. The van der Waals surface area contributed by atoms with E-state index < -0.39 is 0 Å². The summed E-state index contributed by atoms with van der Waals surface area (Å²) in [6, 6.07) is 5.85. The number of rotatable bonds is 3. The zero-order valence-electron chi connectivity index (χ0n) is 10.0. The van der Waals surface area contributed by atoms with Crippen molar-refractivity contribution in [2.24, 2.45) is 0 Å². The second-order valence-electron chi connectivity index (χ2n) is 4.61. The van der Waals surface area contributed by atoms with E-state index in [0.717, 1.165) is 25.2 Å². The van der Waals surface area contributed by atoms with Gasteiger partial charge < -0.3 is 5.32 Å². The van der Waals surface area contributed by atoms with Gasteiger partial charge in [-0.1, -0.05) is 6.07 Å². The van der Waals surface area contributed by atoms with Crippen LogP contribution in [-0.2, 0) is 6.54 Å². The van der Waals surface area contributed by atoms with E-state index in [4.69, 9.17) is 0 Å². The van der Waals surface area contributed by atoms with E-state index in [0.29, 0.717) is 10.5 Å². The van der Waals surface area contributed by atoms with Crippen molar-refractivity contribution in [3.63, 3.8) is 0 Å². The molecule has 1 saturated heterocycles. The topological polar surface area (TPSA) is 15.3 Å². The van der Waals surface area contributed by atoms with Crippen molar-refractivity contribution in [3.8, 4) is 0 Å². The molecule has 1 N–H and O–H groups in total. The van der Waals surface area contributed by atoms with Crippen LogP contribution in [-0.4, -0.2) is 31.1 Å². The van der Waals surface area contributed by atoms with E-state index in [-0.39, 0.29) is 5.82 Å². The van der Waals surface area contributed by atoms with Crippen LogP contribution in [0.15, 0.2) is 22.7 Å². The van der Waals surface area contributed by atoms with Gasteiger partial charge in [0.25, 0.3) is 0 Å². The van der Waals surface area contributed by atoms with Crippen LogP contribution in [0.1, 0.15) is 18.4 Å². The maximum absolute atomic E-state index is 13.1. The first kappa shape index (κ1) is 13.0. The highest BCUT2D eigenvalue weighted by atomic mass is 79.9. The highest BCUT2D eigenvalue weighted by molar-refractivity contribution is 9.10. The van der Waals surface area contributed by atoms with Crippen molar-refractivity contribution in [1.82, 2.24) is 10.2 Å². The van der Waals surface area contributed by atoms with Crippen molar-refractivity contribution in [3.05, 3.63) is 34.1 Å². The second-order valence-corrected chi connectivity index (χ2v) is 5.47. The predicted octanol–water partition coefficient (Wildman–Crippen LogP) is 2.77. The highest BCUT2D eigenvalue weighted by Gasteiger charge is 2.18. The Labute approximate surface area is 110 Å². The summed E-state index contributed by atoms with van der Waals surface area (Å²) in [5, 5.41) is 3.33. The summed E-state index contributed by atoms with van der Waals surface area (Å²) in [5.41, 5.74) is 1.16. The molecule has 2 rings (SSSR count). The van der Waals surface area contributed by atoms with Crippen LogP contribution in [0, 0.1) is 5.82 Å². The van der Waals surface area contributed by atoms with Gasteiger partial charge in [-0.15, -0.1) is 0 Å². The van der Waals surface area contributed by atoms with Gasteiger partial charge >= 0.3 is 0 Å². The number of benzene rings is 1. The van der Waals surface area contributed by atoms with Gasteiger partial charge in [0.2, 0.25) is 0 Å². The third-order valence-electron chi connectivity index (χ3n) is 3.30. The molecule has 0 radical (unpaired) electrons. The Bertz CT molecular complexity index is 384. The number of hydrogen-bond acceptors (Lipinski definition) is 2. The number of hydrogen-bond donors (Lipinski definition) is 1. The van der Waals surface area contributed by atoms with Crippen LogP contribution in [0.25, 0.3) is 0 Å². The molecule has 1 unspecified atom stereocenters. The standard InChI is InChI=1S/C13H18BrFN2/c1-16-11-3-2-6-17(9-11)8-10-4-5-13(15)12(14)7-10/h4-5,7,11,16H,2-3,6,8-9H2,1H3. The summed E-state index contributed by atoms with van der Waals surface area (Å²) in [5.74, 6) is -0.194. The fraction of sp³-hybridized carbons (Fsp3) is 0.538. The molecule has 0 amide bonds. The van der Waals surface area contributed by atoms with Gasteiger partial charge in [-0.3, -0.25) is 4.90 Å². The van der Waals surface area contributed by atoms with Gasteiger partial charge in [0.05, 0.1) is 4.47 Å². The summed E-state index contributed by atoms with van der Waals surface area (Å²) in [6.45, 7) is 3.11. The van der Waals surface area contributed by atoms with Crippen LogP contribution in [0.2, 0.25) is 0 Å². The van der Waals surface area contributed by atoms with Crippen LogP contribution in [0.3, 0.4) is 0 Å². The molecule has 1 aliphatic heterocycles. The normalized spacial score (nSPS) is 21.7. The molecule has 0 aliphatic carbocycles. The molecule has 1 aliphatic rings. The Balaban J connectivity index is 1.97. The lowest BCUT2D eigenvalue weighted by atomic mass is 10.1. The molecule has 0 aromatic heterocycles. The summed E-state index contributed by atoms with van der Waals surface area (Å²) in [4.78, 5) is 2.42. The summed E-state index contributed by atoms with van der Waals surface area (Å²) < 4.78 is 13.7. The molecule has 0 saturated carbocycles. The molecule has 0 spiro atoms. The number of likely N-dealkylation sites (N-methyl/N-ethyl adjacent to an activating group) is 1. The third-order valence-corrected chi connectivity index (χ3v) is 3.91. The highest BCUT2D eigenvalue weighted by Crippen LogP contribution is 2.19. The lowest BCUT2D eigenvalue weighted by Gasteiger charge is -2.32. The third kappa shape index (κ3) is 3.50. The molecule has 1 atom stereocenters. The van der Waals surface area contributed by atoms with Crippen LogP contribution >= 0.6 is 15.9 Å². The average Bonchev–Trinajstić information content (AvgIpc) is 2.34. The van der Waals surface area contributed by atoms with Crippen LogP contribution < -0.4 is 5.32 Å². The first-order valence-corrected chi connectivity index (χ1v) is 6.82. The number of halogens is 2. The van der Waals surface area contributed by atoms with Gasteiger partial charge in [-0.25, -0.2) is 4.39 Å². The fourth-order valence-electron chi connectivity index (χ4n) is 2.33. The van der Waals surface area contributed by atoms with E-state index in [1.165, 1.54) is 18.9 Å². The molecular formula is C13H18BrFN2. The predicted molar refractivity (Wildman–Crippen MR) is 71.5 cm³/mol. The Morgan fingerprint density at radius 2 is 2.35 bits per heavy atom. The van der Waals surface area contributed by atoms with E-state index >= 15 is 0 Å². The molecule has 1 fully saturated rings. The van der Waals surface area contributed by atoms with Crippen LogP contribution in [0.5, 0.6) is 0 Å². The number of nitrogens with one attached hydrogen (secondary N) is 1. The summed E-state index contributed by atoms with van der Waals surface area (Å²) >= 11 is 3.23. The van der Waals surface area contributed by atoms with Gasteiger partial charge in [-0.2, -0.15) is 0 Å². The minimum Gasteiger partial charge on any atom is -0.316 e. The molecule has 0 bridgehead atoms. The van der Waals surface area contributed by atoms with E-state index in [2.05, 4.69) is 26.1 Å². The zero-order chi connectivity index (χ0) is 12.3. The quantitative estimate of drug-likeness (QED) is 0.923. The Hall–Kier alpha value is -0.450. The first-order chi connectivity index (χ1) is 8.19. The van der Waals surface area contributed by atoms with Crippen molar-refractivity contribution in [2.45, 2.75) is 25.4 Å². The lowest BCUT2D eigenvalue weighted by Crippen LogP contribution is -2.43. The van der Waals surface area contributed by atoms with Crippen molar-refractivity contribution in [1.29, 1.82) is 0 Å².